The van der Waals surface area contributed by atoms with E-state index >= 15 is 0 Å². The molecule has 136 valence electrons. The van der Waals surface area contributed by atoms with E-state index in [4.69, 9.17) is 0 Å². The summed E-state index contributed by atoms with van der Waals surface area (Å²) in [6, 6.07) is 9.20. The lowest BCUT2D eigenvalue weighted by Gasteiger charge is -2.22. The number of nitrogens with one attached hydrogen (secondary N) is 1. The van der Waals surface area contributed by atoms with Crippen LogP contribution in [0.2, 0.25) is 0 Å². The van der Waals surface area contributed by atoms with E-state index < -0.39 is 5.97 Å². The predicted octanol–water partition coefficient (Wildman–Crippen LogP) is 1.56. The average Bonchev–Trinajstić information content (AvgIpc) is 2.95. The van der Waals surface area contributed by atoms with Crippen molar-refractivity contribution in [3.05, 3.63) is 51.9 Å². The minimum Gasteiger partial charge on any atom is -0.469 e. The molecule has 0 saturated carbocycles. The SMILES string of the molecule is COC(=O)Cc1cc(=O)[nH]c(SCC(=O)N2c3ccccc3C[C@@H]2C)n1. The van der Waals surface area contributed by atoms with Gasteiger partial charge in [0.1, 0.15) is 0 Å². The van der Waals surface area contributed by atoms with Gasteiger partial charge in [-0.05, 0) is 25.0 Å². The number of esters is 1. The van der Waals surface area contributed by atoms with Crippen LogP contribution in [0.25, 0.3) is 0 Å². The van der Waals surface area contributed by atoms with Gasteiger partial charge in [-0.15, -0.1) is 0 Å². The zero-order valence-corrected chi connectivity index (χ0v) is 15.3. The maximum atomic E-state index is 12.7. The maximum Gasteiger partial charge on any atom is 0.311 e. The molecular formula is C18H19N3O4S. The van der Waals surface area contributed by atoms with Crippen LogP contribution in [0, 0.1) is 0 Å². The number of aromatic amines is 1. The van der Waals surface area contributed by atoms with Crippen LogP contribution in [0.3, 0.4) is 0 Å². The van der Waals surface area contributed by atoms with Gasteiger partial charge in [0, 0.05) is 17.8 Å². The highest BCUT2D eigenvalue weighted by Gasteiger charge is 2.30. The molecule has 1 aromatic heterocycles. The number of H-pyrrole nitrogens is 1. The van der Waals surface area contributed by atoms with E-state index in [9.17, 15) is 14.4 Å². The summed E-state index contributed by atoms with van der Waals surface area (Å²) in [5, 5.41) is 0.310. The molecule has 0 saturated heterocycles. The fraction of sp³-hybridized carbons (Fsp3) is 0.333. The highest BCUT2D eigenvalue weighted by molar-refractivity contribution is 7.99. The Balaban J connectivity index is 1.70. The first-order valence-corrected chi connectivity index (χ1v) is 9.16. The van der Waals surface area contributed by atoms with Gasteiger partial charge in [-0.3, -0.25) is 14.4 Å². The van der Waals surface area contributed by atoms with Crippen molar-refractivity contribution in [2.45, 2.75) is 31.0 Å². The first-order valence-electron chi connectivity index (χ1n) is 8.17. The topological polar surface area (TPSA) is 92.4 Å². The molecule has 2 aromatic rings. The number of ether oxygens (including phenoxy) is 1. The number of anilines is 1. The molecule has 2 heterocycles. The van der Waals surface area contributed by atoms with Crippen LogP contribution in [0.15, 0.2) is 40.3 Å². The third kappa shape index (κ3) is 3.96. The van der Waals surface area contributed by atoms with Gasteiger partial charge < -0.3 is 14.6 Å². The van der Waals surface area contributed by atoms with Gasteiger partial charge in [-0.25, -0.2) is 4.98 Å². The molecule has 0 unspecified atom stereocenters. The molecule has 0 spiro atoms. The molecule has 1 aliphatic heterocycles. The molecule has 8 heteroatoms. The Kier molecular flexibility index (Phi) is 5.41. The number of nitrogens with zero attached hydrogens (tertiary/aromatic N) is 2. The summed E-state index contributed by atoms with van der Waals surface area (Å²) in [5.41, 5.74) is 2.04. The molecular weight excluding hydrogens is 354 g/mol. The Labute approximate surface area is 154 Å². The molecule has 1 atom stereocenters. The number of fused-ring (bicyclic) bond motifs is 1. The van der Waals surface area contributed by atoms with Gasteiger partial charge in [0.15, 0.2) is 5.16 Å². The van der Waals surface area contributed by atoms with Crippen LogP contribution in [0.5, 0.6) is 0 Å². The average molecular weight is 373 g/mol. The van der Waals surface area contributed by atoms with Crippen LogP contribution in [0.1, 0.15) is 18.2 Å². The van der Waals surface area contributed by atoms with Crippen LogP contribution >= 0.6 is 11.8 Å². The van der Waals surface area contributed by atoms with Gasteiger partial charge >= 0.3 is 5.97 Å². The monoisotopic (exact) mass is 373 g/mol. The molecule has 7 nitrogen and oxygen atoms in total. The molecule has 1 N–H and O–H groups in total. The van der Waals surface area contributed by atoms with E-state index in [0.29, 0.717) is 10.9 Å². The number of aromatic nitrogens is 2. The first kappa shape index (κ1) is 18.2. The molecule has 3 rings (SSSR count). The maximum absolute atomic E-state index is 12.7. The van der Waals surface area contributed by atoms with E-state index in [0.717, 1.165) is 29.4 Å². The second kappa shape index (κ2) is 7.74. The molecule has 1 amide bonds. The quantitative estimate of drug-likeness (QED) is 0.486. The van der Waals surface area contributed by atoms with Gasteiger partial charge in [-0.2, -0.15) is 0 Å². The highest BCUT2D eigenvalue weighted by Crippen LogP contribution is 2.32. The number of hydrogen-bond acceptors (Lipinski definition) is 6. The van der Waals surface area contributed by atoms with Crippen molar-refractivity contribution in [1.82, 2.24) is 9.97 Å². The smallest absolute Gasteiger partial charge is 0.311 e. The normalized spacial score (nSPS) is 15.6. The number of carbonyl (C=O) groups excluding carboxylic acids is 2. The number of thioether (sulfide) groups is 1. The van der Waals surface area contributed by atoms with Crippen LogP contribution in [-0.2, 0) is 27.2 Å². The van der Waals surface area contributed by atoms with E-state index in [1.807, 2.05) is 31.2 Å². The lowest BCUT2D eigenvalue weighted by Crippen LogP contribution is -2.37. The van der Waals surface area contributed by atoms with E-state index in [2.05, 4.69) is 14.7 Å². The summed E-state index contributed by atoms with van der Waals surface area (Å²) in [6.07, 6.45) is 0.745. The Bertz CT molecular complexity index is 896. The zero-order chi connectivity index (χ0) is 18.7. The number of methoxy groups -OCH3 is 1. The summed E-state index contributed by atoms with van der Waals surface area (Å²) < 4.78 is 4.59. The summed E-state index contributed by atoms with van der Waals surface area (Å²) in [5.74, 6) is -0.380. The lowest BCUT2D eigenvalue weighted by molar-refractivity contribution is -0.139. The minimum absolute atomic E-state index is 0.0477. The van der Waals surface area contributed by atoms with E-state index in [1.54, 1.807) is 4.90 Å². The standard InChI is InChI=1S/C18H19N3O4S/c1-11-7-12-5-3-4-6-14(12)21(11)16(23)10-26-18-19-13(8-15(22)20-18)9-17(24)25-2/h3-6,8,11H,7,9-10H2,1-2H3,(H,19,20,22)/t11-/m0/s1. The van der Waals surface area contributed by atoms with Crippen molar-refractivity contribution in [3.8, 4) is 0 Å². The molecule has 1 aromatic carbocycles. The Morgan fingerprint density at radius 2 is 2.15 bits per heavy atom. The van der Waals surface area contributed by atoms with Crippen LogP contribution in [0.4, 0.5) is 5.69 Å². The number of para-hydroxylation sites is 1. The van der Waals surface area contributed by atoms with Crippen LogP contribution in [-0.4, -0.2) is 40.7 Å². The molecule has 1 aliphatic rings. The van der Waals surface area contributed by atoms with Gasteiger partial charge in [0.05, 0.1) is 25.0 Å². The minimum atomic E-state index is -0.474. The van der Waals surface area contributed by atoms with Crippen LogP contribution < -0.4 is 10.5 Å². The number of amides is 1. The van der Waals surface area contributed by atoms with Gasteiger partial charge in [0.25, 0.3) is 5.56 Å². The summed E-state index contributed by atoms with van der Waals surface area (Å²) in [7, 11) is 1.28. The molecule has 0 fully saturated rings. The number of hydrogen-bond donors (Lipinski definition) is 1. The van der Waals surface area contributed by atoms with Gasteiger partial charge in [-0.1, -0.05) is 30.0 Å². The van der Waals surface area contributed by atoms with Crippen molar-refractivity contribution in [2.75, 3.05) is 17.8 Å². The predicted molar refractivity (Wildman–Crippen MR) is 98.4 cm³/mol. The first-order chi connectivity index (χ1) is 12.5. The highest BCUT2D eigenvalue weighted by atomic mass is 32.2. The Morgan fingerprint density at radius 3 is 2.92 bits per heavy atom. The van der Waals surface area contributed by atoms with Crippen molar-refractivity contribution < 1.29 is 14.3 Å². The van der Waals surface area contributed by atoms with Crippen molar-refractivity contribution in [1.29, 1.82) is 0 Å². The largest absolute Gasteiger partial charge is 0.469 e. The second-order valence-electron chi connectivity index (χ2n) is 6.03. The van der Waals surface area contributed by atoms with Crippen molar-refractivity contribution in [3.63, 3.8) is 0 Å². The third-order valence-electron chi connectivity index (χ3n) is 4.13. The molecule has 0 radical (unpaired) electrons. The fourth-order valence-electron chi connectivity index (χ4n) is 3.01. The molecule has 26 heavy (non-hydrogen) atoms. The molecule has 0 aliphatic carbocycles. The van der Waals surface area contributed by atoms with E-state index in [1.165, 1.54) is 13.2 Å². The summed E-state index contributed by atoms with van der Waals surface area (Å²) in [4.78, 5) is 44.4. The third-order valence-corrected chi connectivity index (χ3v) is 4.99. The number of benzene rings is 1. The van der Waals surface area contributed by atoms with E-state index in [-0.39, 0.29) is 29.7 Å². The zero-order valence-electron chi connectivity index (χ0n) is 14.5. The fourth-order valence-corrected chi connectivity index (χ4v) is 3.76. The van der Waals surface area contributed by atoms with Crippen molar-refractivity contribution >= 4 is 29.3 Å². The van der Waals surface area contributed by atoms with Gasteiger partial charge in [0.2, 0.25) is 5.91 Å². The summed E-state index contributed by atoms with van der Waals surface area (Å²) >= 11 is 1.15. The molecule has 0 bridgehead atoms. The second-order valence-corrected chi connectivity index (χ2v) is 6.99. The summed E-state index contributed by atoms with van der Waals surface area (Å²) in [6.45, 7) is 2.01. The van der Waals surface area contributed by atoms with Crippen molar-refractivity contribution in [2.24, 2.45) is 0 Å². The Hall–Kier alpha value is -2.61. The number of carbonyl (C=O) groups is 2. The lowest BCUT2D eigenvalue weighted by atomic mass is 10.1. The number of rotatable bonds is 5. The Morgan fingerprint density at radius 1 is 1.38 bits per heavy atom.